The topological polar surface area (TPSA) is 38.7 Å². The molecule has 100 valence electrons. The highest BCUT2D eigenvalue weighted by Crippen LogP contribution is 2.14. The lowest BCUT2D eigenvalue weighted by Gasteiger charge is -2.05. The van der Waals surface area contributed by atoms with Crippen LogP contribution in [0.25, 0.3) is 10.9 Å². The van der Waals surface area contributed by atoms with E-state index in [2.05, 4.69) is 39.2 Å². The molecule has 20 heavy (non-hydrogen) atoms. The standard InChI is InChI=1S/C17H17N3/c1-13-15-10-11-18-12-16(15)20-17(19-13)9-5-8-14-6-3-2-4-7-14/h2-4,6-7,10-12H,5,8-9H2,1H3. The Balaban J connectivity index is 1.72. The first-order chi connectivity index (χ1) is 9.83. The second-order valence-corrected chi connectivity index (χ2v) is 4.96. The maximum Gasteiger partial charge on any atom is 0.129 e. The second kappa shape index (κ2) is 5.78. The highest BCUT2D eigenvalue weighted by atomic mass is 14.9. The minimum atomic E-state index is 0.903. The largest absolute Gasteiger partial charge is 0.262 e. The van der Waals surface area contributed by atoms with Gasteiger partial charge in [0.05, 0.1) is 11.7 Å². The van der Waals surface area contributed by atoms with Crippen LogP contribution in [0.2, 0.25) is 0 Å². The van der Waals surface area contributed by atoms with Crippen LogP contribution < -0.4 is 0 Å². The number of hydrogen-bond acceptors (Lipinski definition) is 3. The smallest absolute Gasteiger partial charge is 0.129 e. The fourth-order valence-corrected chi connectivity index (χ4v) is 2.41. The summed E-state index contributed by atoms with van der Waals surface area (Å²) in [7, 11) is 0. The molecule has 0 amide bonds. The Morgan fingerprint density at radius 1 is 0.950 bits per heavy atom. The first-order valence-corrected chi connectivity index (χ1v) is 6.94. The van der Waals surface area contributed by atoms with Gasteiger partial charge in [0.25, 0.3) is 0 Å². The van der Waals surface area contributed by atoms with E-state index in [9.17, 15) is 0 Å². The van der Waals surface area contributed by atoms with Crippen LogP contribution in [-0.2, 0) is 12.8 Å². The van der Waals surface area contributed by atoms with E-state index in [4.69, 9.17) is 0 Å². The van der Waals surface area contributed by atoms with Gasteiger partial charge in [0.2, 0.25) is 0 Å². The zero-order valence-electron chi connectivity index (χ0n) is 11.6. The monoisotopic (exact) mass is 263 g/mol. The average molecular weight is 263 g/mol. The summed E-state index contributed by atoms with van der Waals surface area (Å²) in [6.45, 7) is 2.03. The van der Waals surface area contributed by atoms with Crippen LogP contribution in [0.5, 0.6) is 0 Å². The van der Waals surface area contributed by atoms with E-state index in [-0.39, 0.29) is 0 Å². The summed E-state index contributed by atoms with van der Waals surface area (Å²) in [5.41, 5.74) is 3.34. The van der Waals surface area contributed by atoms with Gasteiger partial charge in [-0.3, -0.25) is 4.98 Å². The van der Waals surface area contributed by atoms with Crippen molar-refractivity contribution in [2.45, 2.75) is 26.2 Å². The molecule has 0 fully saturated rings. The van der Waals surface area contributed by atoms with Crippen molar-refractivity contribution < 1.29 is 0 Å². The molecule has 3 nitrogen and oxygen atoms in total. The lowest BCUT2D eigenvalue weighted by Crippen LogP contribution is -2.00. The first-order valence-electron chi connectivity index (χ1n) is 6.94. The molecule has 0 aliphatic heterocycles. The van der Waals surface area contributed by atoms with Crippen molar-refractivity contribution in [3.05, 3.63) is 65.9 Å². The van der Waals surface area contributed by atoms with Crippen LogP contribution in [-0.4, -0.2) is 15.0 Å². The highest BCUT2D eigenvalue weighted by molar-refractivity contribution is 5.79. The average Bonchev–Trinajstić information content (AvgIpc) is 2.48. The SMILES string of the molecule is Cc1nc(CCCc2ccccc2)nc2cnccc12. The molecule has 3 aromatic rings. The quantitative estimate of drug-likeness (QED) is 0.723. The number of aryl methyl sites for hydroxylation is 3. The lowest BCUT2D eigenvalue weighted by atomic mass is 10.1. The van der Waals surface area contributed by atoms with Crippen LogP contribution in [0.4, 0.5) is 0 Å². The van der Waals surface area contributed by atoms with E-state index in [1.54, 1.807) is 6.20 Å². The van der Waals surface area contributed by atoms with Gasteiger partial charge in [-0.15, -0.1) is 0 Å². The molecule has 0 aliphatic carbocycles. The second-order valence-electron chi connectivity index (χ2n) is 4.96. The van der Waals surface area contributed by atoms with Crippen molar-refractivity contribution in [3.8, 4) is 0 Å². The summed E-state index contributed by atoms with van der Waals surface area (Å²) in [6, 6.07) is 12.5. The van der Waals surface area contributed by atoms with Gasteiger partial charge in [-0.05, 0) is 31.4 Å². The van der Waals surface area contributed by atoms with Crippen LogP contribution in [0, 0.1) is 6.92 Å². The molecule has 2 aromatic heterocycles. The molecule has 0 unspecified atom stereocenters. The first kappa shape index (κ1) is 12.7. The molecule has 0 atom stereocenters. The third-order valence-electron chi connectivity index (χ3n) is 3.44. The molecule has 0 N–H and O–H groups in total. The molecule has 0 radical (unpaired) electrons. The van der Waals surface area contributed by atoms with Gasteiger partial charge in [-0.1, -0.05) is 30.3 Å². The van der Waals surface area contributed by atoms with Crippen LogP contribution in [0.1, 0.15) is 23.5 Å². The zero-order valence-corrected chi connectivity index (χ0v) is 11.6. The molecule has 0 bridgehead atoms. The number of benzene rings is 1. The molecule has 3 rings (SSSR count). The summed E-state index contributed by atoms with van der Waals surface area (Å²) in [4.78, 5) is 13.3. The number of fused-ring (bicyclic) bond motifs is 1. The van der Waals surface area contributed by atoms with Crippen LogP contribution >= 0.6 is 0 Å². The number of aromatic nitrogens is 3. The number of hydrogen-bond donors (Lipinski definition) is 0. The summed E-state index contributed by atoms with van der Waals surface area (Å²) in [6.07, 6.45) is 6.63. The maximum atomic E-state index is 4.59. The normalized spacial score (nSPS) is 10.8. The third-order valence-corrected chi connectivity index (χ3v) is 3.44. The van der Waals surface area contributed by atoms with Crippen LogP contribution in [0.15, 0.2) is 48.8 Å². The summed E-state index contributed by atoms with van der Waals surface area (Å²) in [5.74, 6) is 0.916. The third kappa shape index (κ3) is 2.82. The fraction of sp³-hybridized carbons (Fsp3) is 0.235. The van der Waals surface area contributed by atoms with Gasteiger partial charge in [-0.2, -0.15) is 0 Å². The molecule has 2 heterocycles. The van der Waals surface area contributed by atoms with Gasteiger partial charge in [-0.25, -0.2) is 9.97 Å². The molecule has 0 saturated carbocycles. The minimum absolute atomic E-state index is 0.903. The summed E-state index contributed by atoms with van der Waals surface area (Å²) < 4.78 is 0. The fourth-order valence-electron chi connectivity index (χ4n) is 2.41. The highest BCUT2D eigenvalue weighted by Gasteiger charge is 2.04. The Bertz CT molecular complexity index is 708. The van der Waals surface area contributed by atoms with Gasteiger partial charge >= 0.3 is 0 Å². The Hall–Kier alpha value is -2.29. The Labute approximate surface area is 118 Å². The summed E-state index contributed by atoms with van der Waals surface area (Å²) >= 11 is 0. The summed E-state index contributed by atoms with van der Waals surface area (Å²) in [5, 5.41) is 1.09. The Morgan fingerprint density at radius 2 is 1.80 bits per heavy atom. The van der Waals surface area contributed by atoms with E-state index in [1.807, 2.05) is 25.3 Å². The molecule has 1 aromatic carbocycles. The molecule has 0 spiro atoms. The van der Waals surface area contributed by atoms with Gasteiger partial charge in [0.1, 0.15) is 5.82 Å². The van der Waals surface area contributed by atoms with Gasteiger partial charge in [0, 0.05) is 23.7 Å². The Kier molecular flexibility index (Phi) is 3.68. The van der Waals surface area contributed by atoms with E-state index in [1.165, 1.54) is 5.56 Å². The number of rotatable bonds is 4. The van der Waals surface area contributed by atoms with Gasteiger partial charge in [0.15, 0.2) is 0 Å². The van der Waals surface area contributed by atoms with Crippen molar-refractivity contribution in [2.24, 2.45) is 0 Å². The van der Waals surface area contributed by atoms with E-state index >= 15 is 0 Å². The Morgan fingerprint density at radius 3 is 2.65 bits per heavy atom. The van der Waals surface area contributed by atoms with Crippen molar-refractivity contribution in [3.63, 3.8) is 0 Å². The molecule has 0 aliphatic rings. The van der Waals surface area contributed by atoms with Crippen LogP contribution in [0.3, 0.4) is 0 Å². The van der Waals surface area contributed by atoms with E-state index < -0.39 is 0 Å². The molecule has 0 saturated heterocycles. The molecule has 3 heteroatoms. The van der Waals surface area contributed by atoms with Crippen molar-refractivity contribution in [1.29, 1.82) is 0 Å². The van der Waals surface area contributed by atoms with Gasteiger partial charge < -0.3 is 0 Å². The van der Waals surface area contributed by atoms with E-state index in [0.29, 0.717) is 0 Å². The predicted octanol–water partition coefficient (Wildman–Crippen LogP) is 3.51. The lowest BCUT2D eigenvalue weighted by molar-refractivity contribution is 0.772. The van der Waals surface area contributed by atoms with Crippen molar-refractivity contribution in [1.82, 2.24) is 15.0 Å². The van der Waals surface area contributed by atoms with E-state index in [0.717, 1.165) is 41.7 Å². The minimum Gasteiger partial charge on any atom is -0.262 e. The predicted molar refractivity (Wildman–Crippen MR) is 80.5 cm³/mol. The van der Waals surface area contributed by atoms with Crippen molar-refractivity contribution >= 4 is 10.9 Å². The number of pyridine rings is 1. The zero-order chi connectivity index (χ0) is 13.8. The molecular weight excluding hydrogens is 246 g/mol. The molecular formula is C17H17N3. The van der Waals surface area contributed by atoms with Crippen molar-refractivity contribution in [2.75, 3.05) is 0 Å². The maximum absolute atomic E-state index is 4.59. The number of nitrogens with zero attached hydrogens (tertiary/aromatic N) is 3.